The quantitative estimate of drug-likeness (QED) is 0.681. The first-order valence-corrected chi connectivity index (χ1v) is 10.6. The second-order valence-corrected chi connectivity index (χ2v) is 8.49. The largest absolute Gasteiger partial charge is 0.439 e. The zero-order chi connectivity index (χ0) is 19.6. The van der Waals surface area contributed by atoms with Crippen molar-refractivity contribution in [2.75, 3.05) is 4.72 Å². The fourth-order valence-corrected chi connectivity index (χ4v) is 4.22. The minimum atomic E-state index is -3.84. The number of rotatable bonds is 6. The lowest BCUT2D eigenvalue weighted by Gasteiger charge is -2.13. The van der Waals surface area contributed by atoms with E-state index in [0.29, 0.717) is 11.6 Å². The molecule has 3 aromatic rings. The van der Waals surface area contributed by atoms with Gasteiger partial charge in [-0.3, -0.25) is 4.68 Å². The molecule has 0 atom stereocenters. The third kappa shape index (κ3) is 4.14. The summed E-state index contributed by atoms with van der Waals surface area (Å²) < 4.78 is 35.0. The fraction of sp³-hybridized carbons (Fsp3) is 0.316. The topological polar surface area (TPSA) is 99.0 Å². The van der Waals surface area contributed by atoms with Gasteiger partial charge in [-0.25, -0.2) is 18.1 Å². The summed E-state index contributed by atoms with van der Waals surface area (Å²) in [4.78, 5) is 8.78. The van der Waals surface area contributed by atoms with Gasteiger partial charge in [0.05, 0.1) is 11.9 Å². The van der Waals surface area contributed by atoms with Crippen molar-refractivity contribution in [3.63, 3.8) is 0 Å². The van der Waals surface area contributed by atoms with E-state index in [1.807, 2.05) is 30.3 Å². The molecule has 0 bridgehead atoms. The lowest BCUT2D eigenvalue weighted by atomic mass is 10.0. The summed E-state index contributed by atoms with van der Waals surface area (Å²) in [6, 6.07) is 11.0. The van der Waals surface area contributed by atoms with Crippen molar-refractivity contribution in [1.82, 2.24) is 19.7 Å². The molecule has 1 aromatic carbocycles. The number of hydrogen-bond donors (Lipinski definition) is 1. The molecule has 8 nitrogen and oxygen atoms in total. The molecule has 1 fully saturated rings. The van der Waals surface area contributed by atoms with Gasteiger partial charge in [0.25, 0.3) is 10.0 Å². The van der Waals surface area contributed by atoms with E-state index >= 15 is 0 Å². The van der Waals surface area contributed by atoms with Gasteiger partial charge in [0.1, 0.15) is 10.6 Å². The van der Waals surface area contributed by atoms with E-state index in [4.69, 9.17) is 4.74 Å². The van der Waals surface area contributed by atoms with Crippen LogP contribution in [0.1, 0.15) is 37.3 Å². The zero-order valence-electron chi connectivity index (χ0n) is 15.4. The summed E-state index contributed by atoms with van der Waals surface area (Å²) in [5.74, 6) is 1.22. The van der Waals surface area contributed by atoms with Gasteiger partial charge >= 0.3 is 0 Å². The van der Waals surface area contributed by atoms with Crippen LogP contribution < -0.4 is 9.46 Å². The highest BCUT2D eigenvalue weighted by Gasteiger charge is 2.23. The Morgan fingerprint density at radius 1 is 1.14 bits per heavy atom. The van der Waals surface area contributed by atoms with Crippen LogP contribution in [0.3, 0.4) is 0 Å². The van der Waals surface area contributed by atoms with Gasteiger partial charge in [-0.15, -0.1) is 0 Å². The highest BCUT2D eigenvalue weighted by atomic mass is 32.2. The highest BCUT2D eigenvalue weighted by molar-refractivity contribution is 7.92. The summed E-state index contributed by atoms with van der Waals surface area (Å²) >= 11 is 0. The molecule has 0 saturated heterocycles. The molecular formula is C19H21N5O3S. The first-order chi connectivity index (χ1) is 13.5. The van der Waals surface area contributed by atoms with Crippen LogP contribution in [-0.2, 0) is 17.1 Å². The van der Waals surface area contributed by atoms with Crippen molar-refractivity contribution in [1.29, 1.82) is 0 Å². The Kier molecular flexibility index (Phi) is 4.99. The predicted molar refractivity (Wildman–Crippen MR) is 104 cm³/mol. The van der Waals surface area contributed by atoms with Gasteiger partial charge in [0.15, 0.2) is 0 Å². The van der Waals surface area contributed by atoms with Crippen LogP contribution in [-0.4, -0.2) is 28.2 Å². The predicted octanol–water partition coefficient (Wildman–Crippen LogP) is 3.46. The molecule has 1 aliphatic carbocycles. The lowest BCUT2D eigenvalue weighted by Crippen LogP contribution is -2.16. The second kappa shape index (κ2) is 7.59. The Morgan fingerprint density at radius 3 is 2.57 bits per heavy atom. The molecule has 9 heteroatoms. The average molecular weight is 399 g/mol. The smallest absolute Gasteiger partial charge is 0.267 e. The van der Waals surface area contributed by atoms with Crippen LogP contribution in [0.2, 0.25) is 0 Å². The first-order valence-electron chi connectivity index (χ1n) is 9.13. The summed E-state index contributed by atoms with van der Waals surface area (Å²) in [7, 11) is -2.18. The molecule has 0 aliphatic heterocycles. The van der Waals surface area contributed by atoms with Crippen molar-refractivity contribution in [2.24, 2.45) is 7.05 Å². The van der Waals surface area contributed by atoms with E-state index in [9.17, 15) is 8.42 Å². The SMILES string of the molecule is Cn1cc(S(=O)(=O)Nc2nc(Oc3ccccc3)cc(C3CCCC3)n2)cn1. The minimum Gasteiger partial charge on any atom is -0.439 e. The first kappa shape index (κ1) is 18.4. The molecule has 1 aliphatic rings. The molecule has 1 saturated carbocycles. The highest BCUT2D eigenvalue weighted by Crippen LogP contribution is 2.35. The van der Waals surface area contributed by atoms with Crippen molar-refractivity contribution in [3.05, 3.63) is 54.5 Å². The van der Waals surface area contributed by atoms with Gasteiger partial charge in [-0.2, -0.15) is 10.1 Å². The summed E-state index contributed by atoms with van der Waals surface area (Å²) in [6.45, 7) is 0. The summed E-state index contributed by atoms with van der Waals surface area (Å²) in [5.41, 5.74) is 0.794. The molecule has 0 unspecified atom stereocenters. The second-order valence-electron chi connectivity index (χ2n) is 6.81. The number of para-hydroxylation sites is 1. The molecule has 2 aromatic heterocycles. The summed E-state index contributed by atoms with van der Waals surface area (Å²) in [6.07, 6.45) is 7.03. The van der Waals surface area contributed by atoms with E-state index < -0.39 is 10.0 Å². The molecule has 4 rings (SSSR count). The Morgan fingerprint density at radius 2 is 1.89 bits per heavy atom. The third-order valence-corrected chi connectivity index (χ3v) is 5.96. The number of nitrogens with zero attached hydrogens (tertiary/aromatic N) is 4. The normalized spacial score (nSPS) is 14.9. The number of aryl methyl sites for hydroxylation is 1. The van der Waals surface area contributed by atoms with E-state index in [2.05, 4.69) is 19.8 Å². The average Bonchev–Trinajstić information content (AvgIpc) is 3.34. The van der Waals surface area contributed by atoms with E-state index in [1.165, 1.54) is 17.1 Å². The van der Waals surface area contributed by atoms with E-state index in [0.717, 1.165) is 31.4 Å². The standard InChI is InChI=1S/C19H21N5O3S/c1-24-13-16(12-20-24)28(25,26)23-19-21-17(14-7-5-6-8-14)11-18(22-19)27-15-9-3-2-4-10-15/h2-4,9-14H,5-8H2,1H3,(H,21,22,23). The monoisotopic (exact) mass is 399 g/mol. The van der Waals surface area contributed by atoms with Crippen LogP contribution in [0.5, 0.6) is 11.6 Å². The van der Waals surface area contributed by atoms with Crippen LogP contribution in [0.25, 0.3) is 0 Å². The van der Waals surface area contributed by atoms with Gasteiger partial charge in [0.2, 0.25) is 11.8 Å². The number of nitrogens with one attached hydrogen (secondary N) is 1. The van der Waals surface area contributed by atoms with Crippen molar-refractivity contribution in [3.8, 4) is 11.6 Å². The maximum atomic E-state index is 12.6. The Balaban J connectivity index is 1.67. The molecule has 0 radical (unpaired) electrons. The molecule has 0 spiro atoms. The molecule has 2 heterocycles. The van der Waals surface area contributed by atoms with Crippen LogP contribution in [0.4, 0.5) is 5.95 Å². The van der Waals surface area contributed by atoms with Crippen molar-refractivity contribution < 1.29 is 13.2 Å². The molecule has 146 valence electrons. The van der Waals surface area contributed by atoms with Crippen LogP contribution in [0, 0.1) is 0 Å². The number of benzene rings is 1. The number of hydrogen-bond acceptors (Lipinski definition) is 6. The third-order valence-electron chi connectivity index (χ3n) is 4.68. The zero-order valence-corrected chi connectivity index (χ0v) is 16.3. The van der Waals surface area contributed by atoms with Crippen molar-refractivity contribution >= 4 is 16.0 Å². The maximum absolute atomic E-state index is 12.6. The molecule has 28 heavy (non-hydrogen) atoms. The number of anilines is 1. The van der Waals surface area contributed by atoms with Gasteiger partial charge in [0, 0.05) is 25.2 Å². The molecule has 0 amide bonds. The Bertz CT molecular complexity index is 1060. The Labute approximate surface area is 163 Å². The summed E-state index contributed by atoms with van der Waals surface area (Å²) in [5, 5.41) is 3.91. The van der Waals surface area contributed by atoms with Gasteiger partial charge in [-0.05, 0) is 25.0 Å². The number of ether oxygens (including phenoxy) is 1. The van der Waals surface area contributed by atoms with Crippen LogP contribution >= 0.6 is 0 Å². The minimum absolute atomic E-state index is 0.000755. The lowest BCUT2D eigenvalue weighted by molar-refractivity contribution is 0.460. The van der Waals surface area contributed by atoms with Gasteiger partial charge in [-0.1, -0.05) is 31.0 Å². The molecule has 1 N–H and O–H groups in total. The number of sulfonamides is 1. The fourth-order valence-electron chi connectivity index (χ4n) is 3.30. The Hall–Kier alpha value is -2.94. The van der Waals surface area contributed by atoms with Crippen molar-refractivity contribution in [2.45, 2.75) is 36.5 Å². The van der Waals surface area contributed by atoms with E-state index in [1.54, 1.807) is 13.1 Å². The van der Waals surface area contributed by atoms with Crippen LogP contribution in [0.15, 0.2) is 53.7 Å². The number of aromatic nitrogens is 4. The van der Waals surface area contributed by atoms with E-state index in [-0.39, 0.29) is 16.8 Å². The van der Waals surface area contributed by atoms with Gasteiger partial charge < -0.3 is 4.74 Å². The molecular weight excluding hydrogens is 378 g/mol. The maximum Gasteiger partial charge on any atom is 0.267 e.